The van der Waals surface area contributed by atoms with E-state index in [1.54, 1.807) is 6.07 Å². The summed E-state index contributed by atoms with van der Waals surface area (Å²) in [6, 6.07) is 11.7. The van der Waals surface area contributed by atoms with E-state index >= 15 is 0 Å². The topological polar surface area (TPSA) is 49.3 Å². The fourth-order valence-electron chi connectivity index (χ4n) is 2.06. The summed E-state index contributed by atoms with van der Waals surface area (Å²) >= 11 is 0. The lowest BCUT2D eigenvalue weighted by Gasteiger charge is -2.10. The molecule has 0 spiro atoms. The lowest BCUT2D eigenvalue weighted by atomic mass is 10.0. The van der Waals surface area contributed by atoms with Crippen molar-refractivity contribution in [1.29, 1.82) is 0 Å². The predicted octanol–water partition coefficient (Wildman–Crippen LogP) is 3.11. The van der Waals surface area contributed by atoms with Gasteiger partial charge in [-0.25, -0.2) is 4.79 Å². The number of aromatic carboxylic acids is 1. The van der Waals surface area contributed by atoms with E-state index in [0.717, 1.165) is 16.5 Å². The number of carboxylic acids is 1. The highest BCUT2D eigenvalue weighted by Crippen LogP contribution is 2.31. The number of hydrogen-bond acceptors (Lipinski definition) is 2. The molecule has 2 aromatic carbocycles. The van der Waals surface area contributed by atoms with Gasteiger partial charge in [0.25, 0.3) is 0 Å². The molecule has 0 heterocycles. The van der Waals surface area contributed by atoms with Crippen LogP contribution in [0, 0.1) is 0 Å². The lowest BCUT2D eigenvalue weighted by Crippen LogP contribution is -2.03. The molecular formula is C14H13NO2. The summed E-state index contributed by atoms with van der Waals surface area (Å²) in [6.45, 7) is 0. The number of fused-ring (bicyclic) bond motifs is 1. The molecule has 0 aliphatic heterocycles. The number of rotatable bonds is 3. The molecule has 0 saturated heterocycles. The molecule has 3 rings (SSSR count). The van der Waals surface area contributed by atoms with E-state index in [2.05, 4.69) is 5.32 Å². The number of benzene rings is 2. The monoisotopic (exact) mass is 227 g/mol. The van der Waals surface area contributed by atoms with Crippen molar-refractivity contribution in [2.45, 2.75) is 18.9 Å². The number of nitrogens with one attached hydrogen (secondary N) is 1. The zero-order valence-corrected chi connectivity index (χ0v) is 9.31. The molecule has 86 valence electrons. The second-order valence-electron chi connectivity index (χ2n) is 4.43. The molecule has 1 saturated carbocycles. The highest BCUT2D eigenvalue weighted by Gasteiger charge is 2.22. The van der Waals surface area contributed by atoms with E-state index in [9.17, 15) is 4.79 Å². The van der Waals surface area contributed by atoms with Crippen molar-refractivity contribution >= 4 is 22.4 Å². The van der Waals surface area contributed by atoms with E-state index < -0.39 is 5.97 Å². The Morgan fingerprint density at radius 3 is 2.47 bits per heavy atom. The minimum Gasteiger partial charge on any atom is -0.478 e. The third kappa shape index (κ3) is 1.84. The second-order valence-corrected chi connectivity index (χ2v) is 4.43. The molecule has 17 heavy (non-hydrogen) atoms. The van der Waals surface area contributed by atoms with Crippen molar-refractivity contribution in [2.24, 2.45) is 0 Å². The first-order chi connectivity index (χ1) is 8.25. The van der Waals surface area contributed by atoms with Gasteiger partial charge in [-0.05, 0) is 30.4 Å². The van der Waals surface area contributed by atoms with Crippen LogP contribution in [0.25, 0.3) is 10.8 Å². The smallest absolute Gasteiger partial charge is 0.336 e. The van der Waals surface area contributed by atoms with E-state index in [0.29, 0.717) is 11.6 Å². The van der Waals surface area contributed by atoms with Crippen LogP contribution in [0.2, 0.25) is 0 Å². The molecule has 0 unspecified atom stereocenters. The summed E-state index contributed by atoms with van der Waals surface area (Å²) in [5.41, 5.74) is 1.40. The van der Waals surface area contributed by atoms with Crippen LogP contribution in [-0.2, 0) is 0 Å². The van der Waals surface area contributed by atoms with Gasteiger partial charge in [-0.15, -0.1) is 0 Å². The Balaban J connectivity index is 2.18. The SMILES string of the molecule is O=C(O)c1ccc(NC2CC2)c2ccccc12. The summed E-state index contributed by atoms with van der Waals surface area (Å²) in [5, 5.41) is 14.4. The van der Waals surface area contributed by atoms with Crippen LogP contribution in [0.4, 0.5) is 5.69 Å². The van der Waals surface area contributed by atoms with Crippen molar-refractivity contribution in [3.8, 4) is 0 Å². The quantitative estimate of drug-likeness (QED) is 0.847. The number of carboxylic acid groups (broad SMARTS) is 1. The average Bonchev–Trinajstić information content (AvgIpc) is 3.13. The van der Waals surface area contributed by atoms with Crippen LogP contribution in [-0.4, -0.2) is 17.1 Å². The molecule has 0 amide bonds. The third-order valence-corrected chi connectivity index (χ3v) is 3.09. The minimum absolute atomic E-state index is 0.363. The van der Waals surface area contributed by atoms with Gasteiger partial charge in [-0.2, -0.15) is 0 Å². The van der Waals surface area contributed by atoms with Crippen molar-refractivity contribution in [2.75, 3.05) is 5.32 Å². The highest BCUT2D eigenvalue weighted by atomic mass is 16.4. The number of anilines is 1. The highest BCUT2D eigenvalue weighted by molar-refractivity contribution is 6.07. The molecule has 3 heteroatoms. The fraction of sp³-hybridized carbons (Fsp3) is 0.214. The number of carbonyl (C=O) groups is 1. The largest absolute Gasteiger partial charge is 0.478 e. The van der Waals surface area contributed by atoms with Crippen molar-refractivity contribution in [1.82, 2.24) is 0 Å². The summed E-state index contributed by atoms with van der Waals surface area (Å²) in [5.74, 6) is -0.876. The molecule has 1 aliphatic carbocycles. The summed E-state index contributed by atoms with van der Waals surface area (Å²) < 4.78 is 0. The maximum Gasteiger partial charge on any atom is 0.336 e. The zero-order valence-electron chi connectivity index (χ0n) is 9.31. The first-order valence-electron chi connectivity index (χ1n) is 5.77. The van der Waals surface area contributed by atoms with Gasteiger partial charge in [0.1, 0.15) is 0 Å². The predicted molar refractivity (Wildman–Crippen MR) is 67.6 cm³/mol. The molecule has 1 aliphatic rings. The molecule has 1 fully saturated rings. The van der Waals surface area contributed by atoms with Gasteiger partial charge in [0.15, 0.2) is 0 Å². The van der Waals surface area contributed by atoms with Gasteiger partial charge in [-0.1, -0.05) is 24.3 Å². The molecular weight excluding hydrogens is 214 g/mol. The minimum atomic E-state index is -0.876. The molecule has 0 bridgehead atoms. The average molecular weight is 227 g/mol. The van der Waals surface area contributed by atoms with E-state index in [-0.39, 0.29) is 0 Å². The molecule has 0 radical (unpaired) electrons. The Morgan fingerprint density at radius 2 is 1.82 bits per heavy atom. The molecule has 2 aromatic rings. The van der Waals surface area contributed by atoms with Gasteiger partial charge >= 0.3 is 5.97 Å². The van der Waals surface area contributed by atoms with Crippen LogP contribution >= 0.6 is 0 Å². The normalized spacial score (nSPS) is 14.8. The summed E-state index contributed by atoms with van der Waals surface area (Å²) in [7, 11) is 0. The maximum atomic E-state index is 11.1. The Labute approximate surface area is 99.1 Å². The zero-order chi connectivity index (χ0) is 11.8. The van der Waals surface area contributed by atoms with E-state index in [1.807, 2.05) is 30.3 Å². The second kappa shape index (κ2) is 3.77. The van der Waals surface area contributed by atoms with Crippen LogP contribution in [0.5, 0.6) is 0 Å². The Bertz CT molecular complexity index is 588. The molecule has 0 atom stereocenters. The van der Waals surface area contributed by atoms with E-state index in [4.69, 9.17) is 5.11 Å². The Morgan fingerprint density at radius 1 is 1.12 bits per heavy atom. The van der Waals surface area contributed by atoms with E-state index in [1.165, 1.54) is 12.8 Å². The molecule has 0 aromatic heterocycles. The van der Waals surface area contributed by atoms with Gasteiger partial charge in [0.05, 0.1) is 5.56 Å². The first-order valence-corrected chi connectivity index (χ1v) is 5.77. The van der Waals surface area contributed by atoms with Gasteiger partial charge < -0.3 is 10.4 Å². The lowest BCUT2D eigenvalue weighted by molar-refractivity contribution is 0.0699. The Kier molecular flexibility index (Phi) is 2.25. The molecule has 3 nitrogen and oxygen atoms in total. The summed E-state index contributed by atoms with van der Waals surface area (Å²) in [6.07, 6.45) is 2.41. The van der Waals surface area contributed by atoms with Gasteiger partial charge in [-0.3, -0.25) is 0 Å². The van der Waals surface area contributed by atoms with Crippen molar-refractivity contribution < 1.29 is 9.90 Å². The van der Waals surface area contributed by atoms with Crippen LogP contribution < -0.4 is 5.32 Å². The molecule has 2 N–H and O–H groups in total. The Hall–Kier alpha value is -2.03. The van der Waals surface area contributed by atoms with Gasteiger partial charge in [0.2, 0.25) is 0 Å². The maximum absolute atomic E-state index is 11.1. The van der Waals surface area contributed by atoms with Crippen LogP contribution in [0.1, 0.15) is 23.2 Å². The number of hydrogen-bond donors (Lipinski definition) is 2. The fourth-order valence-corrected chi connectivity index (χ4v) is 2.06. The first kappa shape index (κ1) is 10.1. The van der Waals surface area contributed by atoms with Crippen molar-refractivity contribution in [3.05, 3.63) is 42.0 Å². The summed E-state index contributed by atoms with van der Waals surface area (Å²) in [4.78, 5) is 11.1. The van der Waals surface area contributed by atoms with Crippen LogP contribution in [0.15, 0.2) is 36.4 Å². The third-order valence-electron chi connectivity index (χ3n) is 3.09. The van der Waals surface area contributed by atoms with Gasteiger partial charge in [0, 0.05) is 17.1 Å². The van der Waals surface area contributed by atoms with Crippen molar-refractivity contribution in [3.63, 3.8) is 0 Å². The standard InChI is InChI=1S/C14H13NO2/c16-14(17)12-7-8-13(15-9-5-6-9)11-4-2-1-3-10(11)12/h1-4,7-9,15H,5-6H2,(H,16,17). The van der Waals surface area contributed by atoms with Crippen LogP contribution in [0.3, 0.4) is 0 Å².